The molecule has 3 rings (SSSR count). The van der Waals surface area contributed by atoms with Crippen molar-refractivity contribution in [3.8, 4) is 17.0 Å². The molecule has 1 aliphatic heterocycles. The Bertz CT molecular complexity index is 988. The molecule has 0 N–H and O–H groups in total. The maximum Gasteiger partial charge on any atom is 0.410 e. The summed E-state index contributed by atoms with van der Waals surface area (Å²) >= 11 is 0. The van der Waals surface area contributed by atoms with Crippen molar-refractivity contribution < 1.29 is 22.7 Å². The Morgan fingerprint density at radius 2 is 1.74 bits per heavy atom. The van der Waals surface area contributed by atoms with Gasteiger partial charge in [0.2, 0.25) is 0 Å². The van der Waals surface area contributed by atoms with Crippen LogP contribution in [-0.4, -0.2) is 55.9 Å². The summed E-state index contributed by atoms with van der Waals surface area (Å²) in [5, 5.41) is 0. The van der Waals surface area contributed by atoms with E-state index in [2.05, 4.69) is 4.98 Å². The van der Waals surface area contributed by atoms with Crippen LogP contribution in [0.2, 0.25) is 0 Å². The summed E-state index contributed by atoms with van der Waals surface area (Å²) in [6.45, 7) is 7.57. The predicted molar refractivity (Wildman–Crippen MR) is 119 cm³/mol. The number of amides is 1. The monoisotopic (exact) mass is 446 g/mol. The van der Waals surface area contributed by atoms with Crippen LogP contribution in [0.15, 0.2) is 47.5 Å². The van der Waals surface area contributed by atoms with Gasteiger partial charge in [0.15, 0.2) is 9.84 Å². The van der Waals surface area contributed by atoms with Gasteiger partial charge < -0.3 is 14.4 Å². The van der Waals surface area contributed by atoms with Gasteiger partial charge in [-0.1, -0.05) is 0 Å². The number of sulfone groups is 1. The van der Waals surface area contributed by atoms with Crippen molar-refractivity contribution in [2.45, 2.75) is 44.1 Å². The molecule has 1 aromatic carbocycles. The number of benzene rings is 1. The van der Waals surface area contributed by atoms with E-state index in [4.69, 9.17) is 9.47 Å². The summed E-state index contributed by atoms with van der Waals surface area (Å²) in [7, 11) is -3.25. The van der Waals surface area contributed by atoms with Gasteiger partial charge in [-0.3, -0.25) is 4.98 Å². The molecule has 1 aliphatic rings. The summed E-state index contributed by atoms with van der Waals surface area (Å²) < 4.78 is 34.5. The number of carbonyl (C=O) groups is 1. The van der Waals surface area contributed by atoms with Gasteiger partial charge in [0, 0.05) is 31.1 Å². The van der Waals surface area contributed by atoms with E-state index in [9.17, 15) is 13.2 Å². The molecule has 168 valence electrons. The molecule has 0 bridgehead atoms. The maximum absolute atomic E-state index is 12.2. The lowest BCUT2D eigenvalue weighted by molar-refractivity contribution is 0.0165. The van der Waals surface area contributed by atoms with Crippen molar-refractivity contribution in [2.75, 3.05) is 26.0 Å². The van der Waals surface area contributed by atoms with Gasteiger partial charge in [0.05, 0.1) is 17.2 Å². The normalized spacial score (nSPS) is 15.5. The Morgan fingerprint density at radius 3 is 2.26 bits per heavy atom. The SMILES string of the molecule is CC(C)(C)OC(=O)N1CCC(COc2ccc(-c3ccc(S(C)(=O)=O)cn3)cc2)CC1. The largest absolute Gasteiger partial charge is 0.493 e. The quantitative estimate of drug-likeness (QED) is 0.685. The minimum Gasteiger partial charge on any atom is -0.493 e. The van der Waals surface area contributed by atoms with Crippen LogP contribution in [0, 0.1) is 5.92 Å². The van der Waals surface area contributed by atoms with Gasteiger partial charge in [-0.05, 0) is 75.9 Å². The number of likely N-dealkylation sites (tertiary alicyclic amines) is 1. The summed E-state index contributed by atoms with van der Waals surface area (Å²) in [5.41, 5.74) is 1.11. The molecule has 7 nitrogen and oxygen atoms in total. The van der Waals surface area contributed by atoms with E-state index in [0.29, 0.717) is 31.3 Å². The summed E-state index contributed by atoms with van der Waals surface area (Å²) in [6, 6.07) is 10.8. The van der Waals surface area contributed by atoms with Crippen LogP contribution >= 0.6 is 0 Å². The van der Waals surface area contributed by atoms with Gasteiger partial charge >= 0.3 is 6.09 Å². The molecule has 1 fully saturated rings. The first-order valence-corrected chi connectivity index (χ1v) is 12.3. The van der Waals surface area contributed by atoms with E-state index in [0.717, 1.165) is 30.4 Å². The molecule has 2 aromatic rings. The third-order valence-corrected chi connectivity index (χ3v) is 6.16. The first kappa shape index (κ1) is 23.1. The molecule has 2 heterocycles. The number of hydrogen-bond donors (Lipinski definition) is 0. The van der Waals surface area contributed by atoms with Gasteiger partial charge in [0.1, 0.15) is 11.4 Å². The Labute approximate surface area is 184 Å². The predicted octanol–water partition coefficient (Wildman–Crippen LogP) is 4.18. The Balaban J connectivity index is 1.48. The third kappa shape index (κ3) is 6.69. The Kier molecular flexibility index (Phi) is 6.89. The van der Waals surface area contributed by atoms with E-state index in [1.54, 1.807) is 17.0 Å². The standard InChI is InChI=1S/C23H30N2O5S/c1-23(2,3)30-22(26)25-13-11-17(12-14-25)16-29-19-7-5-18(6-8-19)21-10-9-20(15-24-21)31(4,27)28/h5-10,15,17H,11-14,16H2,1-4H3. The second-order valence-electron chi connectivity index (χ2n) is 8.90. The number of nitrogens with zero attached hydrogens (tertiary/aromatic N) is 2. The summed E-state index contributed by atoms with van der Waals surface area (Å²) in [6.07, 6.45) is 4.05. The number of aromatic nitrogens is 1. The number of ether oxygens (including phenoxy) is 2. The van der Waals surface area contributed by atoms with Gasteiger partial charge in [0.25, 0.3) is 0 Å². The molecule has 0 spiro atoms. The van der Waals surface area contributed by atoms with Crippen LogP contribution in [0.1, 0.15) is 33.6 Å². The Hall–Kier alpha value is -2.61. The number of pyridine rings is 1. The molecule has 31 heavy (non-hydrogen) atoms. The average Bonchev–Trinajstić information content (AvgIpc) is 2.71. The molecular formula is C23H30N2O5S. The van der Waals surface area contributed by atoms with Crippen molar-refractivity contribution in [1.29, 1.82) is 0 Å². The zero-order chi connectivity index (χ0) is 22.6. The van der Waals surface area contributed by atoms with E-state index in [1.807, 2.05) is 45.0 Å². The zero-order valence-electron chi connectivity index (χ0n) is 18.5. The second-order valence-corrected chi connectivity index (χ2v) is 10.9. The van der Waals surface area contributed by atoms with Crippen molar-refractivity contribution >= 4 is 15.9 Å². The lowest BCUT2D eigenvalue weighted by atomic mass is 9.98. The maximum atomic E-state index is 12.2. The van der Waals surface area contributed by atoms with Crippen molar-refractivity contribution in [1.82, 2.24) is 9.88 Å². The number of carbonyl (C=O) groups excluding carboxylic acids is 1. The number of hydrogen-bond acceptors (Lipinski definition) is 6. The van der Waals surface area contributed by atoms with Crippen molar-refractivity contribution in [2.24, 2.45) is 5.92 Å². The third-order valence-electron chi connectivity index (χ3n) is 5.07. The highest BCUT2D eigenvalue weighted by molar-refractivity contribution is 7.90. The molecule has 0 aliphatic carbocycles. The smallest absolute Gasteiger partial charge is 0.410 e. The van der Waals surface area contributed by atoms with Gasteiger partial charge in [-0.2, -0.15) is 0 Å². The summed E-state index contributed by atoms with van der Waals surface area (Å²) in [4.78, 5) is 18.4. The van der Waals surface area contributed by atoms with Gasteiger partial charge in [-0.15, -0.1) is 0 Å². The summed E-state index contributed by atoms with van der Waals surface area (Å²) in [5.74, 6) is 1.16. The molecule has 0 atom stereocenters. The lowest BCUT2D eigenvalue weighted by Crippen LogP contribution is -2.42. The van der Waals surface area contributed by atoms with Crippen LogP contribution < -0.4 is 4.74 Å². The van der Waals surface area contributed by atoms with E-state index in [-0.39, 0.29) is 11.0 Å². The fourth-order valence-corrected chi connectivity index (χ4v) is 3.87. The molecule has 0 unspecified atom stereocenters. The minimum atomic E-state index is -3.25. The number of rotatable bonds is 5. The second kappa shape index (κ2) is 9.26. The topological polar surface area (TPSA) is 85.8 Å². The van der Waals surface area contributed by atoms with Crippen LogP contribution in [0.5, 0.6) is 5.75 Å². The molecule has 1 amide bonds. The fraction of sp³-hybridized carbons (Fsp3) is 0.478. The highest BCUT2D eigenvalue weighted by Crippen LogP contribution is 2.24. The highest BCUT2D eigenvalue weighted by atomic mass is 32.2. The number of piperidine rings is 1. The molecule has 0 saturated carbocycles. The molecular weight excluding hydrogens is 416 g/mol. The minimum absolute atomic E-state index is 0.203. The molecule has 1 aromatic heterocycles. The molecule has 0 radical (unpaired) electrons. The van der Waals surface area contributed by atoms with Crippen molar-refractivity contribution in [3.05, 3.63) is 42.6 Å². The zero-order valence-corrected chi connectivity index (χ0v) is 19.3. The molecule has 1 saturated heterocycles. The van der Waals surface area contributed by atoms with E-state index >= 15 is 0 Å². The Morgan fingerprint density at radius 1 is 1.10 bits per heavy atom. The van der Waals surface area contributed by atoms with Crippen LogP contribution in [0.4, 0.5) is 4.79 Å². The lowest BCUT2D eigenvalue weighted by Gasteiger charge is -2.33. The fourth-order valence-electron chi connectivity index (χ4n) is 3.32. The van der Waals surface area contributed by atoms with E-state index in [1.165, 1.54) is 6.20 Å². The van der Waals surface area contributed by atoms with Crippen LogP contribution in [0.25, 0.3) is 11.3 Å². The first-order valence-electron chi connectivity index (χ1n) is 10.4. The average molecular weight is 447 g/mol. The van der Waals surface area contributed by atoms with Crippen LogP contribution in [-0.2, 0) is 14.6 Å². The van der Waals surface area contributed by atoms with E-state index < -0.39 is 15.4 Å². The highest BCUT2D eigenvalue weighted by Gasteiger charge is 2.27. The first-order chi connectivity index (χ1) is 14.5. The van der Waals surface area contributed by atoms with Crippen molar-refractivity contribution in [3.63, 3.8) is 0 Å². The van der Waals surface area contributed by atoms with Gasteiger partial charge in [-0.25, -0.2) is 13.2 Å². The van der Waals surface area contributed by atoms with Crippen LogP contribution in [0.3, 0.4) is 0 Å². The molecule has 8 heteroatoms.